The number of carbonyl (C=O) groups is 3. The Kier molecular flexibility index (Phi) is 7.73. The topological polar surface area (TPSA) is 120 Å². The number of hydrogen-bond donors (Lipinski definition) is 1. The van der Waals surface area contributed by atoms with Crippen molar-refractivity contribution < 1.29 is 22.8 Å². The Bertz CT molecular complexity index is 1330. The van der Waals surface area contributed by atoms with Gasteiger partial charge in [-0.15, -0.1) is 0 Å². The van der Waals surface area contributed by atoms with Crippen LogP contribution in [0.4, 0.5) is 5.69 Å². The number of amides is 2. The van der Waals surface area contributed by atoms with Crippen LogP contribution in [0.15, 0.2) is 53.7 Å². The van der Waals surface area contributed by atoms with Crippen LogP contribution in [0.5, 0.6) is 0 Å². The highest BCUT2D eigenvalue weighted by atomic mass is 32.2. The number of fused-ring (bicyclic) bond motifs is 1. The molecule has 1 N–H and O–H groups in total. The summed E-state index contributed by atoms with van der Waals surface area (Å²) in [6, 6.07) is 7.89. The molecule has 11 heteroatoms. The summed E-state index contributed by atoms with van der Waals surface area (Å²) in [5, 5.41) is 2.90. The van der Waals surface area contributed by atoms with Gasteiger partial charge < -0.3 is 15.1 Å². The Morgan fingerprint density at radius 3 is 2.33 bits per heavy atom. The van der Waals surface area contributed by atoms with Crippen molar-refractivity contribution in [1.82, 2.24) is 19.5 Å². The Morgan fingerprint density at radius 2 is 1.69 bits per heavy atom. The maximum atomic E-state index is 13.8. The number of Topliss-reactive ketones (excluding diaryl/α,β-unsaturated/α-hetero) is 1. The maximum Gasteiger partial charge on any atom is 0.251 e. The van der Waals surface area contributed by atoms with E-state index in [9.17, 15) is 22.8 Å². The van der Waals surface area contributed by atoms with Crippen LogP contribution in [0.25, 0.3) is 0 Å². The molecule has 208 valence electrons. The minimum Gasteiger partial charge on any atom is -0.372 e. The zero-order valence-electron chi connectivity index (χ0n) is 22.3. The van der Waals surface area contributed by atoms with Gasteiger partial charge in [0.05, 0.1) is 17.5 Å². The maximum absolute atomic E-state index is 13.8. The van der Waals surface area contributed by atoms with Crippen molar-refractivity contribution in [2.75, 3.05) is 31.1 Å². The fourth-order valence-corrected chi connectivity index (χ4v) is 7.53. The van der Waals surface area contributed by atoms with E-state index in [-0.39, 0.29) is 41.5 Å². The van der Waals surface area contributed by atoms with Gasteiger partial charge in [-0.2, -0.15) is 4.31 Å². The lowest BCUT2D eigenvalue weighted by Gasteiger charge is -2.29. The second kappa shape index (κ2) is 11.1. The lowest BCUT2D eigenvalue weighted by molar-refractivity contribution is -0.138. The fraction of sp³-hybridized carbons (Fsp3) is 0.500. The van der Waals surface area contributed by atoms with Gasteiger partial charge in [-0.1, -0.05) is 13.8 Å². The molecule has 0 bridgehead atoms. The van der Waals surface area contributed by atoms with Crippen LogP contribution in [0.2, 0.25) is 0 Å². The summed E-state index contributed by atoms with van der Waals surface area (Å²) in [4.78, 5) is 47.7. The van der Waals surface area contributed by atoms with Gasteiger partial charge in [0.2, 0.25) is 15.9 Å². The predicted octanol–water partition coefficient (Wildman–Crippen LogP) is 2.07. The summed E-state index contributed by atoms with van der Waals surface area (Å²) in [6.07, 6.45) is 5.87. The van der Waals surface area contributed by atoms with Crippen LogP contribution in [0.3, 0.4) is 0 Å². The molecule has 1 aromatic carbocycles. The Morgan fingerprint density at radius 1 is 1.03 bits per heavy atom. The first kappa shape index (κ1) is 27.3. The number of sulfonamides is 1. The van der Waals surface area contributed by atoms with E-state index in [1.165, 1.54) is 33.7 Å². The lowest BCUT2D eigenvalue weighted by Crippen LogP contribution is -2.53. The average molecular weight is 554 g/mol. The molecular formula is C28H35N5O5S. The SMILES string of the molecule is CC(C)CC(NC(=O)c1ccc(N2CCCC2)cc1)C(=O)N1CCC2C1C(=O)CN2S(=O)(=O)c1ccncc1. The Labute approximate surface area is 229 Å². The second-order valence-electron chi connectivity index (χ2n) is 10.9. The van der Waals surface area contributed by atoms with Crippen molar-refractivity contribution in [3.63, 3.8) is 0 Å². The standard InChI is InChI=1S/C28H35N5O5S/c1-19(2)17-23(30-27(35)20-5-7-21(8-6-20)31-14-3-4-15-31)28(36)32-16-11-24-26(32)25(34)18-33(24)39(37,38)22-9-12-29-13-10-22/h5-10,12-13,19,23-24,26H,3-4,11,14-18H2,1-2H3,(H,30,35). The number of carbonyl (C=O) groups excluding carboxylic acids is 3. The molecule has 10 nitrogen and oxygen atoms in total. The average Bonchev–Trinajstić information content (AvgIpc) is 3.67. The largest absolute Gasteiger partial charge is 0.372 e. The Balaban J connectivity index is 1.31. The highest BCUT2D eigenvalue weighted by Crippen LogP contribution is 2.34. The molecule has 3 saturated heterocycles. The zero-order valence-corrected chi connectivity index (χ0v) is 23.1. The van der Waals surface area contributed by atoms with Gasteiger partial charge in [-0.05, 0) is 68.0 Å². The first-order valence-corrected chi connectivity index (χ1v) is 15.0. The summed E-state index contributed by atoms with van der Waals surface area (Å²) in [5.74, 6) is -0.902. The van der Waals surface area contributed by atoms with Crippen LogP contribution in [-0.2, 0) is 19.6 Å². The van der Waals surface area contributed by atoms with Gasteiger partial charge in [-0.3, -0.25) is 19.4 Å². The summed E-state index contributed by atoms with van der Waals surface area (Å²) in [6.45, 7) is 5.91. The van der Waals surface area contributed by atoms with Crippen molar-refractivity contribution >= 4 is 33.3 Å². The van der Waals surface area contributed by atoms with Gasteiger partial charge in [0.1, 0.15) is 12.1 Å². The molecule has 4 heterocycles. The molecule has 1 aromatic heterocycles. The highest BCUT2D eigenvalue weighted by molar-refractivity contribution is 7.89. The molecule has 3 fully saturated rings. The van der Waals surface area contributed by atoms with Crippen LogP contribution in [-0.4, -0.2) is 84.5 Å². The molecule has 3 aliphatic heterocycles. The molecule has 0 spiro atoms. The number of likely N-dealkylation sites (tertiary alicyclic amines) is 1. The molecule has 3 atom stereocenters. The summed E-state index contributed by atoms with van der Waals surface area (Å²) in [5.41, 5.74) is 1.54. The number of ketones is 1. The molecule has 2 aromatic rings. The van der Waals surface area contributed by atoms with Crippen LogP contribution < -0.4 is 10.2 Å². The van der Waals surface area contributed by atoms with Gasteiger partial charge >= 0.3 is 0 Å². The van der Waals surface area contributed by atoms with Crippen molar-refractivity contribution in [1.29, 1.82) is 0 Å². The number of anilines is 1. The first-order chi connectivity index (χ1) is 18.7. The third-order valence-corrected chi connectivity index (χ3v) is 9.71. The number of hydrogen-bond acceptors (Lipinski definition) is 7. The van der Waals surface area contributed by atoms with Crippen LogP contribution in [0.1, 0.15) is 49.9 Å². The fourth-order valence-electron chi connectivity index (χ4n) is 5.92. The van der Waals surface area contributed by atoms with Crippen molar-refractivity contribution in [3.05, 3.63) is 54.4 Å². The number of nitrogens with zero attached hydrogens (tertiary/aromatic N) is 4. The molecule has 3 unspecified atom stereocenters. The van der Waals surface area contributed by atoms with Crippen molar-refractivity contribution in [3.8, 4) is 0 Å². The Hall–Kier alpha value is -3.31. The third kappa shape index (κ3) is 5.42. The summed E-state index contributed by atoms with van der Waals surface area (Å²) >= 11 is 0. The molecule has 0 radical (unpaired) electrons. The van der Waals surface area contributed by atoms with Crippen molar-refractivity contribution in [2.45, 2.75) is 62.6 Å². The molecule has 0 aliphatic carbocycles. The lowest BCUT2D eigenvalue weighted by atomic mass is 10.0. The number of nitrogens with one attached hydrogen (secondary N) is 1. The van der Waals surface area contributed by atoms with Gasteiger partial charge in [0.25, 0.3) is 5.91 Å². The van der Waals surface area contributed by atoms with E-state index in [1.54, 1.807) is 12.1 Å². The summed E-state index contributed by atoms with van der Waals surface area (Å²) < 4.78 is 27.8. The highest BCUT2D eigenvalue weighted by Gasteiger charge is 2.54. The minimum absolute atomic E-state index is 0.0661. The van der Waals surface area contributed by atoms with Crippen LogP contribution in [0, 0.1) is 5.92 Å². The molecule has 0 saturated carbocycles. The molecule has 39 heavy (non-hydrogen) atoms. The predicted molar refractivity (Wildman–Crippen MR) is 146 cm³/mol. The number of rotatable bonds is 8. The van der Waals surface area contributed by atoms with E-state index < -0.39 is 28.1 Å². The van der Waals surface area contributed by atoms with E-state index in [2.05, 4.69) is 15.2 Å². The monoisotopic (exact) mass is 553 g/mol. The van der Waals surface area contributed by atoms with E-state index in [0.717, 1.165) is 31.6 Å². The number of pyridine rings is 1. The summed E-state index contributed by atoms with van der Waals surface area (Å²) in [7, 11) is -3.92. The zero-order chi connectivity index (χ0) is 27.7. The van der Waals surface area contributed by atoms with E-state index >= 15 is 0 Å². The quantitative estimate of drug-likeness (QED) is 0.531. The second-order valence-corrected chi connectivity index (χ2v) is 12.8. The van der Waals surface area contributed by atoms with Crippen molar-refractivity contribution in [2.24, 2.45) is 5.92 Å². The van der Waals surface area contributed by atoms with Gasteiger partial charge in [0.15, 0.2) is 5.78 Å². The molecular weight excluding hydrogens is 518 g/mol. The molecule has 2 amide bonds. The minimum atomic E-state index is -3.92. The van der Waals surface area contributed by atoms with E-state index in [1.807, 2.05) is 26.0 Å². The number of benzene rings is 1. The molecule has 5 rings (SSSR count). The normalized spacial score (nSPS) is 22.4. The third-order valence-electron chi connectivity index (χ3n) is 7.83. The van der Waals surface area contributed by atoms with Gasteiger partial charge in [0, 0.05) is 43.3 Å². The van der Waals surface area contributed by atoms with Gasteiger partial charge in [-0.25, -0.2) is 8.42 Å². The molecule has 3 aliphatic rings. The smallest absolute Gasteiger partial charge is 0.251 e. The van der Waals surface area contributed by atoms with E-state index in [4.69, 9.17) is 0 Å². The van der Waals surface area contributed by atoms with E-state index in [0.29, 0.717) is 18.4 Å². The van der Waals surface area contributed by atoms with Crippen LogP contribution >= 0.6 is 0 Å². The number of aromatic nitrogens is 1. The first-order valence-electron chi connectivity index (χ1n) is 13.6.